The molecule has 0 aromatic heterocycles. The number of halogens is 3. The molecule has 1 aromatic carbocycles. The summed E-state index contributed by atoms with van der Waals surface area (Å²) >= 11 is 6.60. The SMILES string of the molecule is CC(C(=O)O)c1c(I)cc(I)c([As]C[As](C)C)c1I. The monoisotopic (exact) mass is 721 g/mol. The molecule has 0 fully saturated rings. The van der Waals surface area contributed by atoms with E-state index in [0.29, 0.717) is 0 Å². The molecule has 1 aromatic rings. The van der Waals surface area contributed by atoms with Crippen molar-refractivity contribution in [1.29, 1.82) is 0 Å². The van der Waals surface area contributed by atoms with Crippen LogP contribution >= 0.6 is 67.8 Å². The number of aliphatic carboxylic acids is 1. The third-order valence-corrected chi connectivity index (χ3v) is 18.0. The van der Waals surface area contributed by atoms with E-state index in [9.17, 15) is 9.90 Å². The van der Waals surface area contributed by atoms with Crippen molar-refractivity contribution in [1.82, 2.24) is 0 Å². The van der Waals surface area contributed by atoms with Crippen LogP contribution in [0.25, 0.3) is 0 Å². The van der Waals surface area contributed by atoms with Crippen LogP contribution in [0, 0.1) is 10.7 Å². The number of carboxylic acid groups (broad SMARTS) is 1. The molecule has 1 unspecified atom stereocenters. The molecule has 19 heavy (non-hydrogen) atoms. The number of hydrogen-bond acceptors (Lipinski definition) is 1. The molecule has 0 aliphatic rings. The van der Waals surface area contributed by atoms with Gasteiger partial charge in [0.1, 0.15) is 0 Å². The Bertz CT molecular complexity index is 492. The number of rotatable bonds is 5. The second-order valence-corrected chi connectivity index (χ2v) is 17.6. The minimum absolute atomic E-state index is 0.178. The Morgan fingerprint density at radius 1 is 1.37 bits per heavy atom. The third-order valence-electron chi connectivity index (χ3n) is 2.50. The van der Waals surface area contributed by atoms with E-state index in [4.69, 9.17) is 0 Å². The van der Waals surface area contributed by atoms with Crippen molar-refractivity contribution in [3.8, 4) is 0 Å². The molecular formula is C12H14As2I3O2. The summed E-state index contributed by atoms with van der Waals surface area (Å²) in [7, 11) is 0. The average Bonchev–Trinajstić information content (AvgIpc) is 2.27. The summed E-state index contributed by atoms with van der Waals surface area (Å²) in [6, 6.07) is 2.14. The van der Waals surface area contributed by atoms with Crippen molar-refractivity contribution in [2.45, 2.75) is 28.3 Å². The van der Waals surface area contributed by atoms with Crippen LogP contribution in [0.15, 0.2) is 6.07 Å². The fourth-order valence-electron chi connectivity index (χ4n) is 1.47. The van der Waals surface area contributed by atoms with E-state index in [1.165, 1.54) is 15.5 Å². The summed E-state index contributed by atoms with van der Waals surface area (Å²) in [5, 5.41) is 9.27. The molecule has 2 nitrogen and oxygen atoms in total. The molecule has 0 saturated carbocycles. The van der Waals surface area contributed by atoms with E-state index in [-0.39, 0.29) is 15.8 Å². The molecule has 0 aliphatic carbocycles. The van der Waals surface area contributed by atoms with Crippen LogP contribution in [0.4, 0.5) is 0 Å². The van der Waals surface area contributed by atoms with Gasteiger partial charge in [-0.15, -0.1) is 0 Å². The van der Waals surface area contributed by atoms with E-state index < -0.39 is 26.5 Å². The van der Waals surface area contributed by atoms with Crippen molar-refractivity contribution < 1.29 is 9.90 Å². The summed E-state index contributed by atoms with van der Waals surface area (Å²) < 4.78 is 6.39. The molecule has 0 spiro atoms. The van der Waals surface area contributed by atoms with Crippen molar-refractivity contribution in [3.05, 3.63) is 22.3 Å². The van der Waals surface area contributed by atoms with E-state index in [2.05, 4.69) is 85.3 Å². The van der Waals surface area contributed by atoms with Crippen LogP contribution in [-0.4, -0.2) is 41.5 Å². The number of benzene rings is 1. The van der Waals surface area contributed by atoms with Gasteiger partial charge in [0.25, 0.3) is 0 Å². The Morgan fingerprint density at radius 2 is 1.95 bits per heavy atom. The molecule has 1 atom stereocenters. The summed E-state index contributed by atoms with van der Waals surface area (Å²) in [5.74, 6) is -1.16. The first-order chi connectivity index (χ1) is 8.75. The van der Waals surface area contributed by atoms with Gasteiger partial charge in [-0.05, 0) is 0 Å². The fourth-order valence-corrected chi connectivity index (χ4v) is 14.1. The van der Waals surface area contributed by atoms with E-state index in [1.54, 1.807) is 6.92 Å². The summed E-state index contributed by atoms with van der Waals surface area (Å²) in [6.07, 6.45) is 0. The van der Waals surface area contributed by atoms with Gasteiger partial charge in [-0.1, -0.05) is 0 Å². The van der Waals surface area contributed by atoms with Crippen LogP contribution in [0.3, 0.4) is 0 Å². The Balaban J connectivity index is 3.26. The van der Waals surface area contributed by atoms with Crippen LogP contribution in [-0.2, 0) is 4.79 Å². The number of hydrogen-bond donors (Lipinski definition) is 1. The topological polar surface area (TPSA) is 37.3 Å². The molecule has 105 valence electrons. The Hall–Kier alpha value is 2.00. The maximum absolute atomic E-state index is 11.3. The number of carboxylic acids is 1. The number of carbonyl (C=O) groups is 1. The van der Waals surface area contributed by atoms with Gasteiger partial charge in [0.05, 0.1) is 0 Å². The standard InChI is InChI=1S/C12H14As2I3O2/c1-6(12(18)19)9-7(15)4-8(16)10(11(9)17)13-5-14(2)3/h4,6H,5H2,1-3H3,(H,18,19). The average molecular weight is 721 g/mol. The fraction of sp³-hybridized carbons (Fsp3) is 0.417. The third kappa shape index (κ3) is 5.29. The first-order valence-corrected chi connectivity index (χ1v) is 16.1. The molecule has 0 saturated heterocycles. The second kappa shape index (κ2) is 8.58. The van der Waals surface area contributed by atoms with Gasteiger partial charge >= 0.3 is 169 Å². The Kier molecular flexibility index (Phi) is 8.60. The molecule has 0 amide bonds. The van der Waals surface area contributed by atoms with Gasteiger partial charge in [0.2, 0.25) is 0 Å². The second-order valence-electron chi connectivity index (χ2n) is 4.36. The zero-order valence-corrected chi connectivity index (χ0v) is 21.0. The summed E-state index contributed by atoms with van der Waals surface area (Å²) in [6.45, 7) is 1.78. The van der Waals surface area contributed by atoms with Gasteiger partial charge in [-0.25, -0.2) is 0 Å². The van der Waals surface area contributed by atoms with Gasteiger partial charge in [-0.3, -0.25) is 0 Å². The summed E-state index contributed by atoms with van der Waals surface area (Å²) in [5.41, 5.74) is 5.77. The summed E-state index contributed by atoms with van der Waals surface area (Å²) in [4.78, 5) is 11.3. The predicted octanol–water partition coefficient (Wildman–Crippen LogP) is 3.73. The Labute approximate surface area is 166 Å². The van der Waals surface area contributed by atoms with Crippen LogP contribution in [0.1, 0.15) is 18.4 Å². The Morgan fingerprint density at radius 3 is 2.42 bits per heavy atom. The molecule has 1 N–H and O–H groups in total. The van der Waals surface area contributed by atoms with Crippen LogP contribution in [0.2, 0.25) is 15.4 Å². The van der Waals surface area contributed by atoms with Crippen molar-refractivity contribution in [2.24, 2.45) is 0 Å². The van der Waals surface area contributed by atoms with Gasteiger partial charge in [0, 0.05) is 0 Å². The normalized spacial score (nSPS) is 13.4. The minimum atomic E-state index is -0.738. The zero-order valence-electron chi connectivity index (χ0n) is 10.7. The molecule has 0 bridgehead atoms. The predicted molar refractivity (Wildman–Crippen MR) is 108 cm³/mol. The maximum atomic E-state index is 11.3. The molecule has 1 rings (SSSR count). The zero-order chi connectivity index (χ0) is 14.7. The van der Waals surface area contributed by atoms with E-state index in [1.807, 2.05) is 0 Å². The first-order valence-electron chi connectivity index (χ1n) is 5.48. The first kappa shape index (κ1) is 19.0. The van der Waals surface area contributed by atoms with Crippen LogP contribution < -0.4 is 4.35 Å². The van der Waals surface area contributed by atoms with Gasteiger partial charge in [0.15, 0.2) is 0 Å². The molecule has 1 radical (unpaired) electrons. The molecule has 0 aliphatic heterocycles. The quantitative estimate of drug-likeness (QED) is 0.373. The van der Waals surface area contributed by atoms with Crippen molar-refractivity contribution >= 4 is 108 Å². The van der Waals surface area contributed by atoms with Gasteiger partial charge in [-0.2, -0.15) is 0 Å². The van der Waals surface area contributed by atoms with Crippen molar-refractivity contribution in [3.63, 3.8) is 0 Å². The molecule has 0 heterocycles. The van der Waals surface area contributed by atoms with Gasteiger partial charge < -0.3 is 0 Å². The van der Waals surface area contributed by atoms with Crippen molar-refractivity contribution in [2.75, 3.05) is 0 Å². The van der Waals surface area contributed by atoms with Crippen LogP contribution in [0.5, 0.6) is 0 Å². The van der Waals surface area contributed by atoms with E-state index in [0.717, 1.165) is 9.13 Å². The molecular weight excluding hydrogens is 707 g/mol. The molecule has 7 heteroatoms. The van der Waals surface area contributed by atoms with E-state index >= 15 is 0 Å².